The van der Waals surface area contributed by atoms with E-state index in [0.717, 1.165) is 20.2 Å². The zero-order valence-corrected chi connectivity index (χ0v) is 9.28. The summed E-state index contributed by atoms with van der Waals surface area (Å²) in [5, 5.41) is 1.11. The van der Waals surface area contributed by atoms with Crippen LogP contribution in [0.15, 0.2) is 30.5 Å². The van der Waals surface area contributed by atoms with Crippen LogP contribution >= 0.6 is 22.6 Å². The zero-order chi connectivity index (χ0) is 9.26. The van der Waals surface area contributed by atoms with Gasteiger partial charge in [-0.2, -0.15) is 0 Å². The summed E-state index contributed by atoms with van der Waals surface area (Å²) in [6, 6.07) is 8.03. The maximum absolute atomic E-state index is 5.29. The van der Waals surface area contributed by atoms with Crippen LogP contribution in [-0.4, -0.2) is 12.1 Å². The second-order valence-corrected chi connectivity index (χ2v) is 3.82. The van der Waals surface area contributed by atoms with Gasteiger partial charge >= 0.3 is 0 Å². The van der Waals surface area contributed by atoms with E-state index in [-0.39, 0.29) is 0 Å². The molecule has 66 valence electrons. The lowest BCUT2D eigenvalue weighted by atomic mass is 10.2. The molecule has 0 spiro atoms. The fourth-order valence-corrected chi connectivity index (χ4v) is 1.94. The maximum atomic E-state index is 5.29. The van der Waals surface area contributed by atoms with Gasteiger partial charge in [-0.1, -0.05) is 12.1 Å². The van der Waals surface area contributed by atoms with E-state index in [9.17, 15) is 0 Å². The number of fused-ring (bicyclic) bond motifs is 1. The molecule has 0 atom stereocenters. The Morgan fingerprint density at radius 1 is 1.31 bits per heavy atom. The Morgan fingerprint density at radius 3 is 2.92 bits per heavy atom. The molecular formula is C10H8INO. The molecule has 2 nitrogen and oxygen atoms in total. The maximum Gasteiger partial charge on any atom is 0.158 e. The Labute approximate surface area is 90.1 Å². The molecule has 13 heavy (non-hydrogen) atoms. The number of ether oxygens (including phenoxy) is 1. The monoisotopic (exact) mass is 285 g/mol. The summed E-state index contributed by atoms with van der Waals surface area (Å²) in [4.78, 5) is 4.28. The summed E-state index contributed by atoms with van der Waals surface area (Å²) in [7, 11) is 1.67. The quantitative estimate of drug-likeness (QED) is 0.752. The average molecular weight is 285 g/mol. The van der Waals surface area contributed by atoms with Gasteiger partial charge in [-0.15, -0.1) is 0 Å². The molecule has 0 saturated heterocycles. The number of benzene rings is 1. The first kappa shape index (κ1) is 8.74. The van der Waals surface area contributed by atoms with Crippen molar-refractivity contribution in [1.82, 2.24) is 4.98 Å². The van der Waals surface area contributed by atoms with Gasteiger partial charge in [0.1, 0.15) is 5.52 Å². The second kappa shape index (κ2) is 3.49. The standard InChI is InChI=1S/C10H8INO/c1-13-10-8(11)5-4-7-3-2-6-12-9(7)10/h2-6H,1H3. The predicted octanol–water partition coefficient (Wildman–Crippen LogP) is 2.85. The minimum Gasteiger partial charge on any atom is -0.493 e. The molecule has 3 heteroatoms. The van der Waals surface area contributed by atoms with Crippen LogP contribution in [0.1, 0.15) is 0 Å². The van der Waals surface area contributed by atoms with Crippen LogP contribution in [0.3, 0.4) is 0 Å². The highest BCUT2D eigenvalue weighted by Crippen LogP contribution is 2.28. The Morgan fingerprint density at radius 2 is 2.15 bits per heavy atom. The summed E-state index contributed by atoms with van der Waals surface area (Å²) in [5.41, 5.74) is 0.928. The summed E-state index contributed by atoms with van der Waals surface area (Å²) in [6.07, 6.45) is 1.78. The first-order chi connectivity index (χ1) is 6.33. The highest BCUT2D eigenvalue weighted by Gasteiger charge is 2.05. The molecular weight excluding hydrogens is 277 g/mol. The third-order valence-electron chi connectivity index (χ3n) is 1.88. The van der Waals surface area contributed by atoms with Crippen LogP contribution in [0.4, 0.5) is 0 Å². The summed E-state index contributed by atoms with van der Waals surface area (Å²) < 4.78 is 6.38. The summed E-state index contributed by atoms with van der Waals surface area (Å²) in [6.45, 7) is 0. The van der Waals surface area contributed by atoms with Crippen LogP contribution in [0.2, 0.25) is 0 Å². The van der Waals surface area contributed by atoms with Gasteiger partial charge in [0.25, 0.3) is 0 Å². The van der Waals surface area contributed by atoms with Crippen LogP contribution < -0.4 is 4.74 Å². The molecule has 0 aliphatic heterocycles. The number of hydrogen-bond acceptors (Lipinski definition) is 2. The predicted molar refractivity (Wildman–Crippen MR) is 61.0 cm³/mol. The first-order valence-corrected chi connectivity index (χ1v) is 4.98. The number of pyridine rings is 1. The van der Waals surface area contributed by atoms with Crippen molar-refractivity contribution in [3.63, 3.8) is 0 Å². The normalized spacial score (nSPS) is 10.3. The van der Waals surface area contributed by atoms with E-state index in [1.54, 1.807) is 13.3 Å². The number of hydrogen-bond donors (Lipinski definition) is 0. The molecule has 0 amide bonds. The van der Waals surface area contributed by atoms with Gasteiger partial charge in [-0.05, 0) is 34.7 Å². The van der Waals surface area contributed by atoms with E-state index in [4.69, 9.17) is 4.74 Å². The minimum atomic E-state index is 0.860. The minimum absolute atomic E-state index is 0.860. The molecule has 1 aromatic carbocycles. The van der Waals surface area contributed by atoms with Gasteiger partial charge in [-0.3, -0.25) is 4.98 Å². The molecule has 0 fully saturated rings. The van der Waals surface area contributed by atoms with Crippen molar-refractivity contribution < 1.29 is 4.74 Å². The SMILES string of the molecule is COc1c(I)ccc2cccnc12. The van der Waals surface area contributed by atoms with Gasteiger partial charge in [0.05, 0.1) is 10.7 Å². The lowest BCUT2D eigenvalue weighted by molar-refractivity contribution is 0.416. The van der Waals surface area contributed by atoms with E-state index in [2.05, 4.69) is 27.6 Å². The lowest BCUT2D eigenvalue weighted by Crippen LogP contribution is -1.90. The van der Waals surface area contributed by atoms with Crippen molar-refractivity contribution in [3.8, 4) is 5.75 Å². The number of nitrogens with zero attached hydrogens (tertiary/aromatic N) is 1. The number of methoxy groups -OCH3 is 1. The number of aromatic nitrogens is 1. The topological polar surface area (TPSA) is 22.1 Å². The van der Waals surface area contributed by atoms with Crippen molar-refractivity contribution in [2.75, 3.05) is 7.11 Å². The molecule has 0 N–H and O–H groups in total. The van der Waals surface area contributed by atoms with Crippen molar-refractivity contribution >= 4 is 33.5 Å². The fourth-order valence-electron chi connectivity index (χ4n) is 1.29. The Balaban J connectivity index is 2.84. The van der Waals surface area contributed by atoms with Gasteiger partial charge in [0, 0.05) is 11.6 Å². The largest absolute Gasteiger partial charge is 0.493 e. The molecule has 2 aromatic rings. The van der Waals surface area contributed by atoms with Crippen molar-refractivity contribution in [2.24, 2.45) is 0 Å². The molecule has 0 unspecified atom stereocenters. The first-order valence-electron chi connectivity index (χ1n) is 3.90. The van der Waals surface area contributed by atoms with Crippen LogP contribution in [0.5, 0.6) is 5.75 Å². The van der Waals surface area contributed by atoms with Crippen molar-refractivity contribution in [2.45, 2.75) is 0 Å². The van der Waals surface area contributed by atoms with Crippen molar-refractivity contribution in [3.05, 3.63) is 34.0 Å². The Bertz CT molecular complexity index is 442. The molecule has 2 rings (SSSR count). The third kappa shape index (κ3) is 1.48. The lowest BCUT2D eigenvalue weighted by Gasteiger charge is -2.05. The van der Waals surface area contributed by atoms with Crippen LogP contribution in [0.25, 0.3) is 10.9 Å². The highest BCUT2D eigenvalue weighted by atomic mass is 127. The Kier molecular flexibility index (Phi) is 2.35. The second-order valence-electron chi connectivity index (χ2n) is 2.66. The fraction of sp³-hybridized carbons (Fsp3) is 0.100. The zero-order valence-electron chi connectivity index (χ0n) is 7.12. The smallest absolute Gasteiger partial charge is 0.158 e. The molecule has 0 aliphatic rings. The number of halogens is 1. The molecule has 0 bridgehead atoms. The molecule has 0 aliphatic carbocycles. The van der Waals surface area contributed by atoms with Gasteiger partial charge in [0.2, 0.25) is 0 Å². The molecule has 1 heterocycles. The van der Waals surface area contributed by atoms with E-state index >= 15 is 0 Å². The highest BCUT2D eigenvalue weighted by molar-refractivity contribution is 14.1. The summed E-state index contributed by atoms with van der Waals surface area (Å²) >= 11 is 2.24. The van der Waals surface area contributed by atoms with Crippen molar-refractivity contribution in [1.29, 1.82) is 0 Å². The summed E-state index contributed by atoms with van der Waals surface area (Å²) in [5.74, 6) is 0.860. The third-order valence-corrected chi connectivity index (χ3v) is 2.73. The number of rotatable bonds is 1. The van der Waals surface area contributed by atoms with Gasteiger partial charge in [0.15, 0.2) is 5.75 Å². The van der Waals surface area contributed by atoms with E-state index in [1.807, 2.05) is 24.3 Å². The van der Waals surface area contributed by atoms with E-state index in [0.29, 0.717) is 0 Å². The molecule has 1 aromatic heterocycles. The Hall–Kier alpha value is -0.840. The van der Waals surface area contributed by atoms with E-state index in [1.165, 1.54) is 0 Å². The van der Waals surface area contributed by atoms with E-state index < -0.39 is 0 Å². The van der Waals surface area contributed by atoms with Gasteiger partial charge in [-0.25, -0.2) is 0 Å². The molecule has 0 saturated carbocycles. The molecule has 0 radical (unpaired) electrons. The average Bonchev–Trinajstić information content (AvgIpc) is 2.18. The van der Waals surface area contributed by atoms with Crippen LogP contribution in [0, 0.1) is 3.57 Å². The van der Waals surface area contributed by atoms with Gasteiger partial charge < -0.3 is 4.74 Å². The van der Waals surface area contributed by atoms with Crippen LogP contribution in [-0.2, 0) is 0 Å².